The number of aromatic nitrogens is 1. The predicted molar refractivity (Wildman–Crippen MR) is 104 cm³/mol. The monoisotopic (exact) mass is 403 g/mol. The van der Waals surface area contributed by atoms with Gasteiger partial charge in [-0.2, -0.15) is 0 Å². The van der Waals surface area contributed by atoms with Gasteiger partial charge in [-0.05, 0) is 31.7 Å². The first-order valence-corrected chi connectivity index (χ1v) is 9.05. The van der Waals surface area contributed by atoms with E-state index in [1.54, 1.807) is 23.9 Å². The second-order valence-corrected chi connectivity index (χ2v) is 7.46. The Hall–Kier alpha value is -1.08. The minimum Gasteiger partial charge on any atom is -0.472 e. The zero-order chi connectivity index (χ0) is 15.8. The molecular formula is C17H23Cl2N3O2S. The lowest BCUT2D eigenvalue weighted by Crippen LogP contribution is -2.49. The Bertz CT molecular complexity index is 680. The van der Waals surface area contributed by atoms with E-state index in [1.165, 1.54) is 12.8 Å². The standard InChI is InChI=1S/C17H21N3O2S.2ClH/c1-20(15-6-12-2-3-13(7-15)18-12)16(21)8-14-10-23-17(19-14)11-4-5-22-9-11;;/h4-5,9-10,12-13,15,18H,2-3,6-8H2,1H3;2*1H. The number of piperidine rings is 1. The topological polar surface area (TPSA) is 58.4 Å². The summed E-state index contributed by atoms with van der Waals surface area (Å²) in [5.74, 6) is 0.167. The molecule has 8 heteroatoms. The van der Waals surface area contributed by atoms with Gasteiger partial charge in [-0.15, -0.1) is 36.2 Å². The zero-order valence-corrected chi connectivity index (χ0v) is 16.5. The molecule has 0 saturated carbocycles. The highest BCUT2D eigenvalue weighted by molar-refractivity contribution is 7.13. The minimum absolute atomic E-state index is 0. The van der Waals surface area contributed by atoms with Crippen molar-refractivity contribution in [1.82, 2.24) is 15.2 Å². The van der Waals surface area contributed by atoms with Crippen molar-refractivity contribution in [1.29, 1.82) is 0 Å². The number of carbonyl (C=O) groups is 1. The zero-order valence-electron chi connectivity index (χ0n) is 14.0. The van der Waals surface area contributed by atoms with Gasteiger partial charge in [-0.3, -0.25) is 4.79 Å². The molecule has 2 aromatic heterocycles. The van der Waals surface area contributed by atoms with E-state index in [9.17, 15) is 4.79 Å². The molecule has 2 unspecified atom stereocenters. The summed E-state index contributed by atoms with van der Waals surface area (Å²) in [6.07, 6.45) is 8.37. The van der Waals surface area contributed by atoms with Gasteiger partial charge >= 0.3 is 0 Å². The van der Waals surface area contributed by atoms with Gasteiger partial charge in [0.05, 0.1) is 18.4 Å². The van der Waals surface area contributed by atoms with Crippen LogP contribution in [0.1, 0.15) is 31.4 Å². The Morgan fingerprint density at radius 1 is 1.36 bits per heavy atom. The fourth-order valence-corrected chi connectivity index (χ4v) is 4.54. The van der Waals surface area contributed by atoms with Crippen LogP contribution >= 0.6 is 36.2 Å². The predicted octanol–water partition coefficient (Wildman–Crippen LogP) is 3.53. The van der Waals surface area contributed by atoms with E-state index in [1.807, 2.05) is 23.4 Å². The number of rotatable bonds is 4. The third kappa shape index (κ3) is 4.37. The lowest BCUT2D eigenvalue weighted by Gasteiger charge is -2.35. The Kier molecular flexibility index (Phi) is 6.91. The van der Waals surface area contributed by atoms with Crippen LogP contribution in [-0.2, 0) is 11.2 Å². The van der Waals surface area contributed by atoms with Crippen LogP contribution in [-0.4, -0.2) is 41.0 Å². The van der Waals surface area contributed by atoms with Gasteiger partial charge in [0.1, 0.15) is 11.3 Å². The number of thiazole rings is 1. The molecule has 0 radical (unpaired) electrons. The fraction of sp³-hybridized carbons (Fsp3) is 0.529. The van der Waals surface area contributed by atoms with Gasteiger partial charge < -0.3 is 14.6 Å². The van der Waals surface area contributed by atoms with Gasteiger partial charge in [-0.25, -0.2) is 4.98 Å². The average molecular weight is 404 g/mol. The molecule has 25 heavy (non-hydrogen) atoms. The Morgan fingerprint density at radius 2 is 2.08 bits per heavy atom. The third-order valence-electron chi connectivity index (χ3n) is 5.04. The molecule has 2 fully saturated rings. The van der Waals surface area contributed by atoms with Crippen LogP contribution in [0.15, 0.2) is 28.4 Å². The number of hydrogen-bond acceptors (Lipinski definition) is 5. The molecule has 0 aliphatic carbocycles. The van der Waals surface area contributed by atoms with E-state index in [2.05, 4.69) is 10.3 Å². The van der Waals surface area contributed by atoms with Crippen molar-refractivity contribution in [3.63, 3.8) is 0 Å². The van der Waals surface area contributed by atoms with Crippen LogP contribution in [0, 0.1) is 0 Å². The molecule has 2 atom stereocenters. The quantitative estimate of drug-likeness (QED) is 0.847. The third-order valence-corrected chi connectivity index (χ3v) is 5.98. The van der Waals surface area contributed by atoms with Gasteiger partial charge in [0, 0.05) is 36.1 Å². The molecule has 2 aliphatic heterocycles. The maximum atomic E-state index is 12.6. The SMILES string of the molecule is CN(C(=O)Cc1csc(-c2ccoc2)n1)C1CC2CCC(C1)N2.Cl.Cl. The number of furan rings is 1. The molecule has 1 N–H and O–H groups in total. The Labute approximate surface area is 164 Å². The normalized spacial score (nSPS) is 24.3. The molecule has 2 bridgehead atoms. The maximum Gasteiger partial charge on any atom is 0.228 e. The molecule has 5 nitrogen and oxygen atoms in total. The largest absolute Gasteiger partial charge is 0.472 e. The lowest BCUT2D eigenvalue weighted by atomic mass is 9.98. The van der Waals surface area contributed by atoms with Crippen molar-refractivity contribution < 1.29 is 9.21 Å². The Balaban J connectivity index is 0.00000113. The van der Waals surface area contributed by atoms with E-state index < -0.39 is 0 Å². The number of nitrogens with zero attached hydrogens (tertiary/aromatic N) is 2. The van der Waals surface area contributed by atoms with Crippen molar-refractivity contribution in [3.8, 4) is 10.6 Å². The molecule has 2 saturated heterocycles. The van der Waals surface area contributed by atoms with E-state index in [0.717, 1.165) is 29.1 Å². The first kappa shape index (κ1) is 20.2. The smallest absolute Gasteiger partial charge is 0.228 e. The average Bonchev–Trinajstić information content (AvgIpc) is 3.27. The molecule has 1 amide bonds. The summed E-state index contributed by atoms with van der Waals surface area (Å²) in [6, 6.07) is 3.46. The first-order chi connectivity index (χ1) is 11.2. The van der Waals surface area contributed by atoms with Crippen LogP contribution in [0.5, 0.6) is 0 Å². The van der Waals surface area contributed by atoms with Crippen molar-refractivity contribution in [3.05, 3.63) is 29.7 Å². The van der Waals surface area contributed by atoms with E-state index in [4.69, 9.17) is 4.42 Å². The van der Waals surface area contributed by atoms with Crippen LogP contribution in [0.4, 0.5) is 0 Å². The maximum absolute atomic E-state index is 12.6. The molecule has 2 aromatic rings. The fourth-order valence-electron chi connectivity index (χ4n) is 3.73. The number of hydrogen-bond donors (Lipinski definition) is 1. The molecule has 0 aromatic carbocycles. The highest BCUT2D eigenvalue weighted by atomic mass is 35.5. The molecule has 138 valence electrons. The van der Waals surface area contributed by atoms with Crippen LogP contribution in [0.2, 0.25) is 0 Å². The summed E-state index contributed by atoms with van der Waals surface area (Å²) in [7, 11) is 1.95. The molecule has 4 rings (SSSR count). The van der Waals surface area contributed by atoms with Crippen molar-refractivity contribution in [2.45, 2.75) is 50.2 Å². The van der Waals surface area contributed by atoms with Crippen molar-refractivity contribution in [2.75, 3.05) is 7.05 Å². The number of halogens is 2. The summed E-state index contributed by atoms with van der Waals surface area (Å²) < 4.78 is 5.09. The van der Waals surface area contributed by atoms with Gasteiger partial charge in [0.2, 0.25) is 5.91 Å². The van der Waals surface area contributed by atoms with Gasteiger partial charge in [0.15, 0.2) is 0 Å². The minimum atomic E-state index is 0. The number of carbonyl (C=O) groups excluding carboxylic acids is 1. The summed E-state index contributed by atoms with van der Waals surface area (Å²) in [4.78, 5) is 19.1. The Morgan fingerprint density at radius 3 is 2.72 bits per heavy atom. The van der Waals surface area contributed by atoms with E-state index in [0.29, 0.717) is 24.5 Å². The second-order valence-electron chi connectivity index (χ2n) is 6.60. The molecular weight excluding hydrogens is 381 g/mol. The number of amides is 1. The van der Waals surface area contributed by atoms with Crippen molar-refractivity contribution in [2.24, 2.45) is 0 Å². The van der Waals surface area contributed by atoms with E-state index in [-0.39, 0.29) is 30.7 Å². The van der Waals surface area contributed by atoms with Gasteiger partial charge in [-0.1, -0.05) is 0 Å². The summed E-state index contributed by atoms with van der Waals surface area (Å²) in [6.45, 7) is 0. The van der Waals surface area contributed by atoms with Gasteiger partial charge in [0.25, 0.3) is 0 Å². The summed E-state index contributed by atoms with van der Waals surface area (Å²) in [5, 5.41) is 6.50. The second kappa shape index (κ2) is 8.54. The highest BCUT2D eigenvalue weighted by Gasteiger charge is 2.36. The molecule has 2 aliphatic rings. The van der Waals surface area contributed by atoms with Crippen LogP contribution in [0.25, 0.3) is 10.6 Å². The number of nitrogens with one attached hydrogen (secondary N) is 1. The molecule has 4 heterocycles. The highest BCUT2D eigenvalue weighted by Crippen LogP contribution is 2.30. The van der Waals surface area contributed by atoms with Crippen molar-refractivity contribution >= 4 is 42.1 Å². The van der Waals surface area contributed by atoms with Crippen LogP contribution in [0.3, 0.4) is 0 Å². The molecule has 0 spiro atoms. The number of fused-ring (bicyclic) bond motifs is 2. The van der Waals surface area contributed by atoms with Crippen LogP contribution < -0.4 is 5.32 Å². The number of likely N-dealkylation sites (N-methyl/N-ethyl adjacent to an activating group) is 1. The van der Waals surface area contributed by atoms with E-state index >= 15 is 0 Å². The first-order valence-electron chi connectivity index (χ1n) is 8.17. The summed E-state index contributed by atoms with van der Waals surface area (Å²) in [5.41, 5.74) is 1.82. The lowest BCUT2D eigenvalue weighted by molar-refractivity contribution is -0.132. The summed E-state index contributed by atoms with van der Waals surface area (Å²) >= 11 is 1.56.